The number of aliphatic hydroxyl groups excluding tert-OH is 1. The highest BCUT2D eigenvalue weighted by molar-refractivity contribution is 5.95. The van der Waals surface area contributed by atoms with E-state index in [9.17, 15) is 19.5 Å². The largest absolute Gasteiger partial charge is 0.497 e. The van der Waals surface area contributed by atoms with Gasteiger partial charge in [0.15, 0.2) is 0 Å². The summed E-state index contributed by atoms with van der Waals surface area (Å²) < 4.78 is 45.7. The number of fused-ring (bicyclic) bond motifs is 3. The average Bonchev–Trinajstić information content (AvgIpc) is 3.23. The van der Waals surface area contributed by atoms with Crippen LogP contribution in [0.2, 0.25) is 0 Å². The second-order valence-corrected chi connectivity index (χ2v) is 12.7. The summed E-state index contributed by atoms with van der Waals surface area (Å²) in [7, 11) is 3.07. The maximum Gasteiger partial charge on any atom is 0.343 e. The fraction of sp³-hybridized carbons (Fsp3) is 0.133. The molecule has 2 atom stereocenters. The first-order chi connectivity index (χ1) is 27.7. The van der Waals surface area contributed by atoms with Crippen LogP contribution in [0.25, 0.3) is 11.1 Å². The predicted octanol–water partition coefficient (Wildman–Crippen LogP) is 8.26. The number of benzene rings is 6. The number of hydrogen-bond acceptors (Lipinski definition) is 12. The Morgan fingerprint density at radius 3 is 1.53 bits per heavy atom. The number of hydrogen-bond donors (Lipinski definition) is 1. The normalized spacial score (nSPS) is 13.4. The molecule has 57 heavy (non-hydrogen) atoms. The molecule has 1 aliphatic heterocycles. The number of ether oxygens (including phenoxy) is 8. The van der Waals surface area contributed by atoms with Crippen molar-refractivity contribution in [3.63, 3.8) is 0 Å². The molecule has 12 heteroatoms. The monoisotopic (exact) mass is 768 g/mol. The van der Waals surface area contributed by atoms with Crippen molar-refractivity contribution < 1.29 is 57.4 Å². The number of methoxy groups -OCH3 is 2. The van der Waals surface area contributed by atoms with Crippen molar-refractivity contribution in [1.82, 2.24) is 0 Å². The van der Waals surface area contributed by atoms with Crippen LogP contribution in [0.4, 0.5) is 0 Å². The summed E-state index contributed by atoms with van der Waals surface area (Å²) in [6, 6.07) is 35.3. The zero-order valence-electron chi connectivity index (χ0n) is 31.0. The zero-order valence-corrected chi connectivity index (χ0v) is 31.0. The van der Waals surface area contributed by atoms with Crippen molar-refractivity contribution in [3.8, 4) is 57.1 Å². The summed E-state index contributed by atoms with van der Waals surface area (Å²) >= 11 is 0. The minimum Gasteiger partial charge on any atom is -0.497 e. The number of rotatable bonds is 11. The van der Waals surface area contributed by atoms with Gasteiger partial charge in [0.1, 0.15) is 58.7 Å². The van der Waals surface area contributed by atoms with E-state index in [4.69, 9.17) is 37.9 Å². The van der Waals surface area contributed by atoms with E-state index in [1.54, 1.807) is 109 Å². The first-order valence-corrected chi connectivity index (χ1v) is 17.7. The van der Waals surface area contributed by atoms with Gasteiger partial charge in [-0.05, 0) is 128 Å². The Kier molecular flexibility index (Phi) is 11.3. The lowest BCUT2D eigenvalue weighted by molar-refractivity contribution is -0.0192. The Morgan fingerprint density at radius 2 is 1.00 bits per heavy atom. The topological polar surface area (TPSA) is 145 Å². The standard InChI is InChI=1S/C45H36O12/c1-27-26-52-36-6-4-8-38(56-44(48)30-14-22-34(23-15-30)54-42(46)28-10-18-32(50-2)19-11-28)40(36)41-37(53-27)7-5-9-39(41)57-45(49)31-16-24-35(25-17-31)55-43(47)29-12-20-33(51-3)21-13-29/h4-25,27,44,48H,26H2,1-3H3. The molecule has 0 aliphatic carbocycles. The van der Waals surface area contributed by atoms with E-state index in [2.05, 4.69) is 0 Å². The Hall–Kier alpha value is -7.31. The highest BCUT2D eigenvalue weighted by Gasteiger charge is 2.28. The van der Waals surface area contributed by atoms with Crippen LogP contribution in [0.1, 0.15) is 49.9 Å². The molecule has 0 saturated carbocycles. The van der Waals surface area contributed by atoms with E-state index in [0.717, 1.165) is 0 Å². The van der Waals surface area contributed by atoms with Crippen molar-refractivity contribution in [1.29, 1.82) is 0 Å². The van der Waals surface area contributed by atoms with Gasteiger partial charge < -0.3 is 43.0 Å². The molecular weight excluding hydrogens is 732 g/mol. The lowest BCUT2D eigenvalue weighted by Gasteiger charge is -2.27. The molecule has 0 spiro atoms. The molecule has 0 saturated heterocycles. The molecule has 1 N–H and O–H groups in total. The van der Waals surface area contributed by atoms with Gasteiger partial charge in [0, 0.05) is 5.56 Å². The maximum atomic E-state index is 13.6. The van der Waals surface area contributed by atoms with Crippen LogP contribution in [-0.2, 0) is 0 Å². The average molecular weight is 769 g/mol. The zero-order chi connectivity index (χ0) is 39.9. The van der Waals surface area contributed by atoms with Crippen LogP contribution in [0.5, 0.6) is 46.0 Å². The van der Waals surface area contributed by atoms with Crippen molar-refractivity contribution in [2.24, 2.45) is 0 Å². The molecule has 0 amide bonds. The lowest BCUT2D eigenvalue weighted by Crippen LogP contribution is -2.23. The molecule has 0 radical (unpaired) electrons. The molecule has 6 aromatic carbocycles. The maximum absolute atomic E-state index is 13.6. The molecule has 1 heterocycles. The van der Waals surface area contributed by atoms with E-state index in [-0.39, 0.29) is 41.3 Å². The Morgan fingerprint density at radius 1 is 0.561 bits per heavy atom. The summed E-state index contributed by atoms with van der Waals surface area (Å²) in [5.74, 6) is 1.04. The van der Waals surface area contributed by atoms with Gasteiger partial charge in [0.25, 0.3) is 0 Å². The molecule has 12 nitrogen and oxygen atoms in total. The van der Waals surface area contributed by atoms with Crippen LogP contribution >= 0.6 is 0 Å². The molecule has 2 unspecified atom stereocenters. The van der Waals surface area contributed by atoms with Gasteiger partial charge in [-0.2, -0.15) is 0 Å². The minimum atomic E-state index is -1.47. The lowest BCUT2D eigenvalue weighted by atomic mass is 10.00. The van der Waals surface area contributed by atoms with E-state index in [0.29, 0.717) is 50.8 Å². The molecule has 0 fully saturated rings. The highest BCUT2D eigenvalue weighted by atomic mass is 16.6. The van der Waals surface area contributed by atoms with E-state index < -0.39 is 24.2 Å². The van der Waals surface area contributed by atoms with Crippen molar-refractivity contribution in [2.75, 3.05) is 20.8 Å². The Bertz CT molecular complexity index is 2370. The fourth-order valence-corrected chi connectivity index (χ4v) is 5.87. The van der Waals surface area contributed by atoms with Gasteiger partial charge in [-0.15, -0.1) is 0 Å². The second-order valence-electron chi connectivity index (χ2n) is 12.7. The van der Waals surface area contributed by atoms with Gasteiger partial charge in [0.05, 0.1) is 42.0 Å². The fourth-order valence-electron chi connectivity index (χ4n) is 5.87. The van der Waals surface area contributed by atoms with Gasteiger partial charge >= 0.3 is 17.9 Å². The van der Waals surface area contributed by atoms with Crippen molar-refractivity contribution in [2.45, 2.75) is 19.3 Å². The third-order valence-corrected chi connectivity index (χ3v) is 8.80. The van der Waals surface area contributed by atoms with E-state index in [1.807, 2.05) is 6.92 Å². The molecule has 1 aliphatic rings. The summed E-state index contributed by atoms with van der Waals surface area (Å²) in [4.78, 5) is 38.9. The van der Waals surface area contributed by atoms with E-state index >= 15 is 0 Å². The van der Waals surface area contributed by atoms with Gasteiger partial charge in [-0.1, -0.05) is 12.1 Å². The molecule has 0 bridgehead atoms. The predicted molar refractivity (Wildman–Crippen MR) is 207 cm³/mol. The number of carbonyl (C=O) groups excluding carboxylic acids is 3. The SMILES string of the molecule is COc1ccc(C(=O)Oc2ccc(C(=O)Oc3cccc4c3-c3c(cccc3OC(O)c3ccc(OC(=O)c5ccc(OC)cc5)cc3)OCC(C)O4)cc2)cc1. The van der Waals surface area contributed by atoms with E-state index in [1.165, 1.54) is 38.5 Å². The first kappa shape index (κ1) is 38.0. The third-order valence-electron chi connectivity index (χ3n) is 8.80. The summed E-state index contributed by atoms with van der Waals surface area (Å²) in [6.07, 6.45) is -1.84. The smallest absolute Gasteiger partial charge is 0.343 e. The summed E-state index contributed by atoms with van der Waals surface area (Å²) in [6.45, 7) is 2.05. The number of carbonyl (C=O) groups is 3. The van der Waals surface area contributed by atoms with Crippen LogP contribution < -0.4 is 37.9 Å². The summed E-state index contributed by atoms with van der Waals surface area (Å²) in [5.41, 5.74) is 1.97. The van der Waals surface area contributed by atoms with Gasteiger partial charge in [-0.3, -0.25) is 0 Å². The van der Waals surface area contributed by atoms with Gasteiger partial charge in [-0.25, -0.2) is 14.4 Å². The first-order valence-electron chi connectivity index (χ1n) is 17.7. The molecule has 6 aromatic rings. The Labute approximate surface area is 327 Å². The second kappa shape index (κ2) is 17.0. The number of aliphatic hydroxyl groups is 1. The Balaban J connectivity index is 1.10. The van der Waals surface area contributed by atoms with Crippen LogP contribution in [0.3, 0.4) is 0 Å². The van der Waals surface area contributed by atoms with Crippen molar-refractivity contribution in [3.05, 3.63) is 156 Å². The summed E-state index contributed by atoms with van der Waals surface area (Å²) in [5, 5.41) is 11.3. The third kappa shape index (κ3) is 8.82. The van der Waals surface area contributed by atoms with Crippen molar-refractivity contribution >= 4 is 17.9 Å². The molecule has 7 rings (SSSR count). The number of esters is 3. The highest BCUT2D eigenvalue weighted by Crippen LogP contribution is 2.49. The molecule has 0 aromatic heterocycles. The van der Waals surface area contributed by atoms with Gasteiger partial charge in [0.2, 0.25) is 6.29 Å². The molecular formula is C45H36O12. The van der Waals surface area contributed by atoms with Crippen LogP contribution in [0.15, 0.2) is 133 Å². The van der Waals surface area contributed by atoms with Crippen LogP contribution in [0, 0.1) is 0 Å². The quantitative estimate of drug-likeness (QED) is 0.0770. The minimum absolute atomic E-state index is 0.139. The van der Waals surface area contributed by atoms with Crippen LogP contribution in [-0.4, -0.2) is 49.9 Å². The molecule has 288 valence electrons.